The molecule has 0 spiro atoms. The first kappa shape index (κ1) is 48.2. The Morgan fingerprint density at radius 2 is 1.11 bits per heavy atom. The van der Waals surface area contributed by atoms with Crippen LogP contribution >= 0.6 is 0 Å². The molecule has 1 aromatic heterocycles. The van der Waals surface area contributed by atoms with Gasteiger partial charge in [0, 0.05) is 47.3 Å². The van der Waals surface area contributed by atoms with E-state index in [4.69, 9.17) is 24.4 Å². The van der Waals surface area contributed by atoms with Crippen molar-refractivity contribution >= 4 is 45.3 Å². The van der Waals surface area contributed by atoms with Gasteiger partial charge in [-0.2, -0.15) is 0 Å². The predicted molar refractivity (Wildman–Crippen MR) is 277 cm³/mol. The number of nitrogens with one attached hydrogen (secondary N) is 1. The molecular formula is C60H52N2O10. The lowest BCUT2D eigenvalue weighted by atomic mass is 9.96. The first-order valence-corrected chi connectivity index (χ1v) is 23.6. The van der Waals surface area contributed by atoms with E-state index >= 15 is 0 Å². The van der Waals surface area contributed by atoms with E-state index in [1.807, 2.05) is 72.8 Å². The van der Waals surface area contributed by atoms with E-state index in [0.717, 1.165) is 71.9 Å². The van der Waals surface area contributed by atoms with Crippen LogP contribution in [0.4, 0.5) is 5.69 Å². The summed E-state index contributed by atoms with van der Waals surface area (Å²) in [7, 11) is 0. The quantitative estimate of drug-likeness (QED) is 0.0433. The highest BCUT2D eigenvalue weighted by atomic mass is 16.5. The van der Waals surface area contributed by atoms with Gasteiger partial charge in [0.1, 0.15) is 48.4 Å². The number of benzene rings is 8. The first-order chi connectivity index (χ1) is 35.0. The summed E-state index contributed by atoms with van der Waals surface area (Å²) in [6.45, 7) is 1.36. The molecular weight excluding hydrogens is 909 g/mol. The molecule has 1 heterocycles. The molecule has 12 nitrogen and oxygen atoms in total. The van der Waals surface area contributed by atoms with Crippen molar-refractivity contribution in [3.63, 3.8) is 0 Å². The third-order valence-corrected chi connectivity index (χ3v) is 12.4. The predicted octanol–water partition coefficient (Wildman–Crippen LogP) is 12.0. The molecule has 0 atom stereocenters. The number of aliphatic carboxylic acids is 3. The van der Waals surface area contributed by atoms with Crippen molar-refractivity contribution < 1.29 is 48.3 Å². The number of hydrogen-bond acceptors (Lipinski definition) is 9. The van der Waals surface area contributed by atoms with E-state index in [2.05, 4.69) is 59.9 Å². The molecule has 72 heavy (non-hydrogen) atoms. The molecule has 0 aliphatic rings. The fourth-order valence-corrected chi connectivity index (χ4v) is 8.87. The molecule has 0 unspecified atom stereocenters. The minimum Gasteiger partial charge on any atom is -0.489 e. The fraction of sp³-hybridized carbons (Fsp3) is 0.150. The molecule has 9 rings (SSSR count). The molecule has 8 aromatic carbocycles. The molecule has 0 amide bonds. The lowest BCUT2D eigenvalue weighted by molar-refractivity contribution is -0.137. The average Bonchev–Trinajstić information content (AvgIpc) is 3.81. The summed E-state index contributed by atoms with van der Waals surface area (Å²) in [5, 5.41) is 34.9. The minimum atomic E-state index is -0.958. The number of fused-ring (bicyclic) bond motifs is 2. The summed E-state index contributed by atoms with van der Waals surface area (Å²) in [5.74, 6) is -0.651. The number of para-hydroxylation sites is 3. The molecule has 6 N–H and O–H groups in total. The second kappa shape index (κ2) is 22.3. The second-order valence-corrected chi connectivity index (χ2v) is 17.5. The van der Waals surface area contributed by atoms with Crippen LogP contribution in [0.25, 0.3) is 44.0 Å². The zero-order chi connectivity index (χ0) is 50.0. The number of carboxylic acids is 3. The number of furan rings is 1. The highest BCUT2D eigenvalue weighted by Gasteiger charge is 2.17. The van der Waals surface area contributed by atoms with Crippen LogP contribution in [0.1, 0.15) is 51.1 Å². The van der Waals surface area contributed by atoms with Crippen molar-refractivity contribution in [2.24, 2.45) is 5.73 Å². The highest BCUT2D eigenvalue weighted by Crippen LogP contribution is 2.36. The van der Waals surface area contributed by atoms with Gasteiger partial charge in [-0.3, -0.25) is 14.4 Å². The van der Waals surface area contributed by atoms with Gasteiger partial charge in [-0.05, 0) is 128 Å². The molecule has 9 aromatic rings. The van der Waals surface area contributed by atoms with Crippen LogP contribution in [0.2, 0.25) is 0 Å². The number of rotatable bonds is 22. The standard InChI is InChI=1S/C60H52N2O10/c61-33-38-9-7-14-42(23-38)43-19-20-45-27-50(28-49(52(45)30-43)36-70-55-17-5-2-12-46(55)31-58(65)66)62-34-39-10-8-15-44(24-39)53-26-40(35-69-54-16-4-1-11-41(54)21-22-57(63)64)25-48-29-51(72-60(48)53)37-71-56-18-6-3-13-47(56)32-59(67)68/h1-20,23-30,62H,21-22,31-37,61H2,(H,63,64)(H,65,66)(H,67,68). The van der Waals surface area contributed by atoms with Crippen LogP contribution in [-0.2, 0) is 66.6 Å². The van der Waals surface area contributed by atoms with E-state index in [0.29, 0.717) is 59.2 Å². The van der Waals surface area contributed by atoms with Gasteiger partial charge in [0.15, 0.2) is 0 Å². The number of nitrogens with two attached hydrogens (primary N) is 1. The largest absolute Gasteiger partial charge is 0.489 e. The minimum absolute atomic E-state index is 0.0177. The Hall–Kier alpha value is -8.87. The van der Waals surface area contributed by atoms with Gasteiger partial charge in [0.05, 0.1) is 12.8 Å². The van der Waals surface area contributed by atoms with Gasteiger partial charge in [0.2, 0.25) is 0 Å². The summed E-state index contributed by atoms with van der Waals surface area (Å²) in [6, 6.07) is 54.6. The summed E-state index contributed by atoms with van der Waals surface area (Å²) >= 11 is 0. The van der Waals surface area contributed by atoms with Crippen LogP contribution in [-0.4, -0.2) is 33.2 Å². The van der Waals surface area contributed by atoms with E-state index in [1.54, 1.807) is 42.5 Å². The van der Waals surface area contributed by atoms with Gasteiger partial charge in [-0.15, -0.1) is 0 Å². The average molecular weight is 961 g/mol. The molecule has 0 aliphatic heterocycles. The molecule has 12 heteroatoms. The summed E-state index contributed by atoms with van der Waals surface area (Å²) in [4.78, 5) is 34.7. The Balaban J connectivity index is 1.02. The Kier molecular flexibility index (Phi) is 14.9. The van der Waals surface area contributed by atoms with Crippen molar-refractivity contribution in [3.8, 4) is 39.5 Å². The monoisotopic (exact) mass is 960 g/mol. The van der Waals surface area contributed by atoms with Crippen LogP contribution in [0.15, 0.2) is 174 Å². The van der Waals surface area contributed by atoms with Crippen molar-refractivity contribution in [1.82, 2.24) is 0 Å². The SMILES string of the molecule is NCc1cccc(-c2ccc3cc(NCc4cccc(-c5cc(COc6ccccc6CCC(=O)O)cc6cc(COc7ccccc7CC(=O)O)oc56)c4)cc(COc4ccccc4CC(=O)O)c3c2)c1. The highest BCUT2D eigenvalue weighted by molar-refractivity contribution is 5.94. The van der Waals surface area contributed by atoms with E-state index in [9.17, 15) is 29.7 Å². The molecule has 0 aliphatic carbocycles. The third kappa shape index (κ3) is 11.9. The zero-order valence-corrected chi connectivity index (χ0v) is 39.3. The molecule has 0 saturated heterocycles. The normalized spacial score (nSPS) is 11.1. The van der Waals surface area contributed by atoms with Crippen molar-refractivity contribution in [2.75, 3.05) is 5.32 Å². The topological polar surface area (TPSA) is 191 Å². The maximum Gasteiger partial charge on any atom is 0.307 e. The zero-order valence-electron chi connectivity index (χ0n) is 39.3. The fourth-order valence-electron chi connectivity index (χ4n) is 8.87. The summed E-state index contributed by atoms with van der Waals surface area (Å²) in [6.07, 6.45) is -0.0209. The van der Waals surface area contributed by atoms with Crippen molar-refractivity contribution in [1.29, 1.82) is 0 Å². The van der Waals surface area contributed by atoms with E-state index in [1.165, 1.54) is 0 Å². The maximum atomic E-state index is 11.7. The first-order valence-electron chi connectivity index (χ1n) is 23.6. The number of aryl methyl sites for hydroxylation is 1. The van der Waals surface area contributed by atoms with Crippen molar-refractivity contribution in [2.45, 2.75) is 58.6 Å². The molecule has 0 saturated carbocycles. The molecule has 362 valence electrons. The Morgan fingerprint density at radius 1 is 0.500 bits per heavy atom. The van der Waals surface area contributed by atoms with Crippen LogP contribution in [0, 0.1) is 0 Å². The van der Waals surface area contributed by atoms with E-state index in [-0.39, 0.29) is 39.1 Å². The smallest absolute Gasteiger partial charge is 0.307 e. The lowest BCUT2D eigenvalue weighted by Crippen LogP contribution is -2.05. The summed E-state index contributed by atoms with van der Waals surface area (Å²) in [5.41, 5.74) is 17.1. The van der Waals surface area contributed by atoms with Crippen LogP contribution in [0.5, 0.6) is 17.2 Å². The molecule has 0 bridgehead atoms. The van der Waals surface area contributed by atoms with Gasteiger partial charge in [-0.25, -0.2) is 0 Å². The number of carboxylic acid groups (broad SMARTS) is 3. The Labute approximate surface area is 415 Å². The Morgan fingerprint density at radius 3 is 1.81 bits per heavy atom. The number of ether oxygens (including phenoxy) is 3. The second-order valence-electron chi connectivity index (χ2n) is 17.5. The van der Waals surface area contributed by atoms with Gasteiger partial charge >= 0.3 is 17.9 Å². The third-order valence-electron chi connectivity index (χ3n) is 12.4. The van der Waals surface area contributed by atoms with Crippen LogP contribution < -0.4 is 25.3 Å². The molecule has 0 fully saturated rings. The number of carbonyl (C=O) groups is 3. The Bertz CT molecular complexity index is 3430. The van der Waals surface area contributed by atoms with Gasteiger partial charge < -0.3 is 45.0 Å². The number of hydrogen-bond donors (Lipinski definition) is 5. The van der Waals surface area contributed by atoms with Gasteiger partial charge in [0.25, 0.3) is 0 Å². The van der Waals surface area contributed by atoms with Crippen LogP contribution in [0.3, 0.4) is 0 Å². The maximum absolute atomic E-state index is 11.7. The number of anilines is 1. The molecule has 0 radical (unpaired) electrons. The van der Waals surface area contributed by atoms with Crippen molar-refractivity contribution in [3.05, 3.63) is 215 Å². The van der Waals surface area contributed by atoms with Gasteiger partial charge in [-0.1, -0.05) is 103 Å². The van der Waals surface area contributed by atoms with E-state index < -0.39 is 17.9 Å². The lowest BCUT2D eigenvalue weighted by Gasteiger charge is -2.16. The summed E-state index contributed by atoms with van der Waals surface area (Å²) < 4.78 is 25.4.